The van der Waals surface area contributed by atoms with E-state index in [4.69, 9.17) is 16.3 Å². The number of aromatic amines is 1. The first-order valence-electron chi connectivity index (χ1n) is 6.84. The van der Waals surface area contributed by atoms with E-state index in [2.05, 4.69) is 15.3 Å². The van der Waals surface area contributed by atoms with E-state index in [0.29, 0.717) is 29.1 Å². The highest BCUT2D eigenvalue weighted by Gasteiger charge is 2.26. The Bertz CT molecular complexity index is 710. The molecule has 1 fully saturated rings. The number of hydrogen-bond donors (Lipinski definition) is 2. The molecule has 21 heavy (non-hydrogen) atoms. The number of methoxy groups -OCH3 is 1. The smallest absolute Gasteiger partial charge is 0.252 e. The second-order valence-electron chi connectivity index (χ2n) is 5.06. The van der Waals surface area contributed by atoms with E-state index in [1.54, 1.807) is 7.11 Å². The molecule has 5 nitrogen and oxygen atoms in total. The number of aromatic nitrogens is 2. The van der Waals surface area contributed by atoms with Crippen LogP contribution in [0.1, 0.15) is 30.1 Å². The largest absolute Gasteiger partial charge is 0.496 e. The normalized spacial score (nSPS) is 14.0. The molecule has 1 aromatic heterocycles. The number of anilines is 1. The monoisotopic (exact) mass is 305 g/mol. The van der Waals surface area contributed by atoms with Crippen molar-refractivity contribution in [3.63, 3.8) is 0 Å². The highest BCUT2D eigenvalue weighted by Crippen LogP contribution is 2.37. The molecule has 0 spiro atoms. The average molecular weight is 306 g/mol. The van der Waals surface area contributed by atoms with Crippen LogP contribution < -0.4 is 15.6 Å². The fourth-order valence-electron chi connectivity index (χ4n) is 2.20. The Balaban J connectivity index is 1.80. The van der Waals surface area contributed by atoms with Crippen LogP contribution in [0, 0.1) is 0 Å². The van der Waals surface area contributed by atoms with Crippen LogP contribution in [0.2, 0.25) is 5.02 Å². The summed E-state index contributed by atoms with van der Waals surface area (Å²) >= 11 is 6.19. The molecule has 1 aromatic carbocycles. The number of halogens is 1. The molecule has 1 aliphatic carbocycles. The first kappa shape index (κ1) is 13.9. The van der Waals surface area contributed by atoms with Gasteiger partial charge in [-0.05, 0) is 25.0 Å². The van der Waals surface area contributed by atoms with Crippen molar-refractivity contribution in [1.29, 1.82) is 0 Å². The first-order valence-corrected chi connectivity index (χ1v) is 7.21. The SMILES string of the molecule is COc1cccc(Cl)c1CNc1cc(=O)[nH]c(C2CC2)n1. The second-order valence-corrected chi connectivity index (χ2v) is 5.47. The third-order valence-electron chi connectivity index (χ3n) is 3.47. The summed E-state index contributed by atoms with van der Waals surface area (Å²) in [5.74, 6) is 2.43. The number of nitrogens with zero attached hydrogens (tertiary/aromatic N) is 1. The number of rotatable bonds is 5. The minimum atomic E-state index is -0.138. The molecule has 0 saturated heterocycles. The zero-order valence-electron chi connectivity index (χ0n) is 11.6. The van der Waals surface area contributed by atoms with Crippen LogP contribution in [0.15, 0.2) is 29.1 Å². The molecule has 3 rings (SSSR count). The maximum absolute atomic E-state index is 11.7. The summed E-state index contributed by atoms with van der Waals surface area (Å²) in [6, 6.07) is 6.95. The quantitative estimate of drug-likeness (QED) is 0.891. The Morgan fingerprint density at radius 1 is 1.48 bits per heavy atom. The van der Waals surface area contributed by atoms with Gasteiger partial charge in [-0.25, -0.2) is 4.98 Å². The maximum Gasteiger partial charge on any atom is 0.252 e. The molecule has 110 valence electrons. The van der Waals surface area contributed by atoms with Crippen molar-refractivity contribution in [2.24, 2.45) is 0 Å². The Kier molecular flexibility index (Phi) is 3.84. The van der Waals surface area contributed by atoms with Gasteiger partial charge in [0, 0.05) is 29.1 Å². The summed E-state index contributed by atoms with van der Waals surface area (Å²) in [5.41, 5.74) is 0.706. The Morgan fingerprint density at radius 2 is 2.29 bits per heavy atom. The van der Waals surface area contributed by atoms with Crippen molar-refractivity contribution in [1.82, 2.24) is 9.97 Å². The van der Waals surface area contributed by atoms with Crippen molar-refractivity contribution in [3.8, 4) is 5.75 Å². The van der Waals surface area contributed by atoms with Gasteiger partial charge in [-0.1, -0.05) is 17.7 Å². The third kappa shape index (κ3) is 3.19. The van der Waals surface area contributed by atoms with E-state index in [1.165, 1.54) is 6.07 Å². The van der Waals surface area contributed by atoms with Crippen molar-refractivity contribution in [2.45, 2.75) is 25.3 Å². The molecule has 0 radical (unpaired) electrons. The van der Waals surface area contributed by atoms with Crippen molar-refractivity contribution < 1.29 is 4.74 Å². The van der Waals surface area contributed by atoms with Gasteiger partial charge < -0.3 is 15.0 Å². The summed E-state index contributed by atoms with van der Waals surface area (Å²) < 4.78 is 5.30. The highest BCUT2D eigenvalue weighted by molar-refractivity contribution is 6.31. The molecular weight excluding hydrogens is 290 g/mol. The number of nitrogens with one attached hydrogen (secondary N) is 2. The summed E-state index contributed by atoms with van der Waals surface area (Å²) in [7, 11) is 1.60. The van der Waals surface area contributed by atoms with Gasteiger partial charge in [0.2, 0.25) is 0 Å². The van der Waals surface area contributed by atoms with Crippen molar-refractivity contribution in [3.05, 3.63) is 51.0 Å². The molecule has 1 aliphatic rings. The van der Waals surface area contributed by atoms with Crippen LogP contribution in [0.3, 0.4) is 0 Å². The molecular formula is C15H16ClN3O2. The molecule has 1 heterocycles. The number of H-pyrrole nitrogens is 1. The topological polar surface area (TPSA) is 67.0 Å². The van der Waals surface area contributed by atoms with E-state index < -0.39 is 0 Å². The van der Waals surface area contributed by atoms with Gasteiger partial charge in [-0.2, -0.15) is 0 Å². The fraction of sp³-hybridized carbons (Fsp3) is 0.333. The van der Waals surface area contributed by atoms with Gasteiger partial charge in [0.1, 0.15) is 17.4 Å². The lowest BCUT2D eigenvalue weighted by atomic mass is 10.2. The lowest BCUT2D eigenvalue weighted by molar-refractivity contribution is 0.410. The van der Waals surface area contributed by atoms with Crippen LogP contribution in [0.25, 0.3) is 0 Å². The van der Waals surface area contributed by atoms with Crippen LogP contribution in [0.4, 0.5) is 5.82 Å². The van der Waals surface area contributed by atoms with Gasteiger partial charge in [-0.15, -0.1) is 0 Å². The van der Waals surface area contributed by atoms with Gasteiger partial charge >= 0.3 is 0 Å². The standard InChI is InChI=1S/C15H16ClN3O2/c1-21-12-4-2-3-11(16)10(12)8-17-13-7-14(20)19-15(18-13)9-5-6-9/h2-4,7,9H,5-6,8H2,1H3,(H2,17,18,19,20). The van der Waals surface area contributed by atoms with Gasteiger partial charge in [0.05, 0.1) is 7.11 Å². The second kappa shape index (κ2) is 5.77. The summed E-state index contributed by atoms with van der Waals surface area (Å²) in [6.45, 7) is 0.448. The highest BCUT2D eigenvalue weighted by atomic mass is 35.5. The van der Waals surface area contributed by atoms with Gasteiger partial charge in [0.25, 0.3) is 5.56 Å². The Morgan fingerprint density at radius 3 is 3.00 bits per heavy atom. The molecule has 0 amide bonds. The third-order valence-corrected chi connectivity index (χ3v) is 3.82. The molecule has 0 atom stereocenters. The predicted molar refractivity (Wildman–Crippen MR) is 82.2 cm³/mol. The van der Waals surface area contributed by atoms with E-state index in [9.17, 15) is 4.79 Å². The zero-order valence-corrected chi connectivity index (χ0v) is 12.4. The van der Waals surface area contributed by atoms with Gasteiger partial charge in [-0.3, -0.25) is 4.79 Å². The predicted octanol–water partition coefficient (Wildman–Crippen LogP) is 2.92. The lowest BCUT2D eigenvalue weighted by Gasteiger charge is -2.12. The average Bonchev–Trinajstić information content (AvgIpc) is 3.29. The van der Waals surface area contributed by atoms with Crippen molar-refractivity contribution in [2.75, 3.05) is 12.4 Å². The molecule has 0 bridgehead atoms. The molecule has 2 aromatic rings. The molecule has 2 N–H and O–H groups in total. The Labute approximate surface area is 127 Å². The minimum Gasteiger partial charge on any atom is -0.496 e. The van der Waals surface area contributed by atoms with Crippen LogP contribution >= 0.6 is 11.6 Å². The van der Waals surface area contributed by atoms with E-state index in [1.807, 2.05) is 18.2 Å². The van der Waals surface area contributed by atoms with Crippen LogP contribution in [-0.4, -0.2) is 17.1 Å². The summed E-state index contributed by atoms with van der Waals surface area (Å²) in [5, 5.41) is 3.76. The molecule has 6 heteroatoms. The number of ether oxygens (including phenoxy) is 1. The zero-order chi connectivity index (χ0) is 14.8. The number of benzene rings is 1. The fourth-order valence-corrected chi connectivity index (χ4v) is 2.43. The van der Waals surface area contributed by atoms with Gasteiger partial charge in [0.15, 0.2) is 0 Å². The first-order chi connectivity index (χ1) is 10.2. The molecule has 0 aliphatic heterocycles. The molecule has 0 unspecified atom stereocenters. The maximum atomic E-state index is 11.7. The van der Waals surface area contributed by atoms with E-state index >= 15 is 0 Å². The van der Waals surface area contributed by atoms with Crippen molar-refractivity contribution >= 4 is 17.4 Å². The summed E-state index contributed by atoms with van der Waals surface area (Å²) in [4.78, 5) is 18.9. The van der Waals surface area contributed by atoms with Crippen LogP contribution in [-0.2, 0) is 6.54 Å². The van der Waals surface area contributed by atoms with Crippen LogP contribution in [0.5, 0.6) is 5.75 Å². The summed E-state index contributed by atoms with van der Waals surface area (Å²) in [6.07, 6.45) is 2.18. The minimum absolute atomic E-state index is 0.138. The number of hydrogen-bond acceptors (Lipinski definition) is 4. The molecule has 1 saturated carbocycles. The van der Waals surface area contributed by atoms with E-state index in [0.717, 1.165) is 24.2 Å². The lowest BCUT2D eigenvalue weighted by Crippen LogP contribution is -2.13. The Hall–Kier alpha value is -2.01. The van der Waals surface area contributed by atoms with E-state index in [-0.39, 0.29) is 5.56 Å².